The Morgan fingerprint density at radius 2 is 2.06 bits per heavy atom. The molecule has 0 unspecified atom stereocenters. The average Bonchev–Trinajstić information content (AvgIpc) is 3.37. The minimum atomic E-state index is -0.532. The number of anilines is 1. The second kappa shape index (κ2) is 7.98. The Labute approximate surface area is 176 Å². The molecule has 10 heteroatoms. The van der Waals surface area contributed by atoms with Crippen molar-refractivity contribution in [3.8, 4) is 11.4 Å². The van der Waals surface area contributed by atoms with Gasteiger partial charge in [0.05, 0.1) is 29.3 Å². The Morgan fingerprint density at radius 3 is 2.84 bits per heavy atom. The van der Waals surface area contributed by atoms with E-state index in [9.17, 15) is 14.0 Å². The summed E-state index contributed by atoms with van der Waals surface area (Å²) in [4.78, 5) is 30.3. The molecule has 0 spiro atoms. The van der Waals surface area contributed by atoms with Crippen LogP contribution in [0.3, 0.4) is 0 Å². The topological polar surface area (TPSA) is 108 Å². The summed E-state index contributed by atoms with van der Waals surface area (Å²) in [6.07, 6.45) is 3.24. The van der Waals surface area contributed by atoms with Crippen LogP contribution in [0.25, 0.3) is 16.9 Å². The highest BCUT2D eigenvalue weighted by molar-refractivity contribution is 6.09. The van der Waals surface area contributed by atoms with Gasteiger partial charge in [-0.25, -0.2) is 13.9 Å². The third-order valence-electron chi connectivity index (χ3n) is 4.82. The number of aromatic nitrogens is 5. The number of likely N-dealkylation sites (N-methyl/N-ethyl adjacent to an activating group) is 1. The number of aromatic amines is 1. The fraction of sp³-hybridized carbons (Fsp3) is 0.190. The van der Waals surface area contributed by atoms with E-state index in [4.69, 9.17) is 0 Å². The van der Waals surface area contributed by atoms with E-state index in [0.29, 0.717) is 28.2 Å². The van der Waals surface area contributed by atoms with Crippen molar-refractivity contribution in [1.29, 1.82) is 0 Å². The average molecular weight is 421 g/mol. The molecule has 2 N–H and O–H groups in total. The van der Waals surface area contributed by atoms with Gasteiger partial charge in [0.15, 0.2) is 5.82 Å². The van der Waals surface area contributed by atoms with Crippen molar-refractivity contribution < 1.29 is 14.0 Å². The molecule has 1 aromatic carbocycles. The first kappa shape index (κ1) is 20.2. The van der Waals surface area contributed by atoms with Crippen LogP contribution in [0.5, 0.6) is 0 Å². The van der Waals surface area contributed by atoms with Gasteiger partial charge in [0, 0.05) is 26.0 Å². The molecule has 0 fully saturated rings. The zero-order valence-electron chi connectivity index (χ0n) is 17.2. The van der Waals surface area contributed by atoms with Crippen molar-refractivity contribution in [3.05, 3.63) is 65.5 Å². The molecule has 0 saturated carbocycles. The van der Waals surface area contributed by atoms with E-state index in [0.717, 1.165) is 0 Å². The molecule has 2 amide bonds. The van der Waals surface area contributed by atoms with E-state index < -0.39 is 5.82 Å². The minimum Gasteiger partial charge on any atom is -0.348 e. The van der Waals surface area contributed by atoms with Gasteiger partial charge in [-0.05, 0) is 36.8 Å². The zero-order valence-corrected chi connectivity index (χ0v) is 17.2. The van der Waals surface area contributed by atoms with Crippen LogP contribution >= 0.6 is 0 Å². The van der Waals surface area contributed by atoms with Crippen LogP contribution in [0.4, 0.5) is 10.1 Å². The van der Waals surface area contributed by atoms with E-state index >= 15 is 0 Å². The molecule has 0 saturated heterocycles. The number of hydrogen-bond donors (Lipinski definition) is 2. The van der Waals surface area contributed by atoms with Gasteiger partial charge in [0.2, 0.25) is 5.91 Å². The highest BCUT2D eigenvalue weighted by Crippen LogP contribution is 2.27. The van der Waals surface area contributed by atoms with Crippen molar-refractivity contribution in [2.24, 2.45) is 0 Å². The fourth-order valence-electron chi connectivity index (χ4n) is 3.07. The van der Waals surface area contributed by atoms with E-state index in [2.05, 4.69) is 25.6 Å². The second-order valence-corrected chi connectivity index (χ2v) is 7.26. The van der Waals surface area contributed by atoms with E-state index in [1.54, 1.807) is 37.8 Å². The number of nitrogens with zero attached hydrogens (tertiary/aromatic N) is 5. The lowest BCUT2D eigenvalue weighted by atomic mass is 10.1. The van der Waals surface area contributed by atoms with Gasteiger partial charge in [-0.15, -0.1) is 0 Å². The Balaban J connectivity index is 1.62. The molecule has 3 heterocycles. The number of hydrogen-bond acceptors (Lipinski definition) is 5. The van der Waals surface area contributed by atoms with E-state index in [1.807, 2.05) is 12.1 Å². The molecule has 31 heavy (non-hydrogen) atoms. The van der Waals surface area contributed by atoms with Gasteiger partial charge in [0.1, 0.15) is 11.6 Å². The largest absolute Gasteiger partial charge is 0.348 e. The molecule has 4 rings (SSSR count). The number of halogens is 1. The summed E-state index contributed by atoms with van der Waals surface area (Å²) in [6.45, 7) is 1.69. The van der Waals surface area contributed by atoms with Gasteiger partial charge < -0.3 is 10.2 Å². The predicted octanol–water partition coefficient (Wildman–Crippen LogP) is 2.45. The first-order valence-electron chi connectivity index (χ1n) is 9.49. The summed E-state index contributed by atoms with van der Waals surface area (Å²) in [5, 5.41) is 13.7. The number of rotatable bonds is 5. The first-order valence-corrected chi connectivity index (χ1v) is 9.49. The summed E-state index contributed by atoms with van der Waals surface area (Å²) >= 11 is 0. The van der Waals surface area contributed by atoms with Gasteiger partial charge >= 0.3 is 0 Å². The lowest BCUT2D eigenvalue weighted by molar-refractivity contribution is -0.128. The predicted molar refractivity (Wildman–Crippen MR) is 112 cm³/mol. The fourth-order valence-corrected chi connectivity index (χ4v) is 3.07. The maximum atomic E-state index is 14.6. The highest BCUT2D eigenvalue weighted by Gasteiger charge is 2.18. The summed E-state index contributed by atoms with van der Waals surface area (Å²) in [7, 11) is 3.27. The lowest BCUT2D eigenvalue weighted by Gasteiger charge is -2.10. The number of fused-ring (bicyclic) bond motifs is 1. The molecule has 0 radical (unpaired) electrons. The summed E-state index contributed by atoms with van der Waals surface area (Å²) < 4.78 is 16.2. The molecule has 0 aliphatic carbocycles. The van der Waals surface area contributed by atoms with Crippen LogP contribution in [-0.4, -0.2) is 55.6 Å². The van der Waals surface area contributed by atoms with Crippen molar-refractivity contribution in [1.82, 2.24) is 29.7 Å². The quantitative estimate of drug-likeness (QED) is 0.515. The van der Waals surface area contributed by atoms with Crippen LogP contribution in [0, 0.1) is 12.7 Å². The second-order valence-electron chi connectivity index (χ2n) is 7.26. The van der Waals surface area contributed by atoms with Gasteiger partial charge in [-0.3, -0.25) is 14.7 Å². The van der Waals surface area contributed by atoms with Crippen molar-refractivity contribution in [3.63, 3.8) is 0 Å². The Morgan fingerprint density at radius 1 is 1.26 bits per heavy atom. The molecule has 158 valence electrons. The number of carbonyl (C=O) groups excluding carboxylic acids is 2. The molecule has 3 aromatic heterocycles. The van der Waals surface area contributed by atoms with E-state index in [1.165, 1.54) is 23.2 Å². The number of pyridine rings is 1. The Hall–Kier alpha value is -4.08. The monoisotopic (exact) mass is 421 g/mol. The maximum absolute atomic E-state index is 14.6. The van der Waals surface area contributed by atoms with Crippen LogP contribution in [0.15, 0.2) is 42.7 Å². The third kappa shape index (κ3) is 4.00. The Kier molecular flexibility index (Phi) is 5.20. The van der Waals surface area contributed by atoms with Crippen molar-refractivity contribution >= 4 is 23.0 Å². The van der Waals surface area contributed by atoms with Crippen LogP contribution in [0.1, 0.15) is 21.7 Å². The van der Waals surface area contributed by atoms with Crippen LogP contribution < -0.4 is 5.32 Å². The standard InChI is InChI=1S/C21H20FN7O2/c1-12-8-15(22)13(20-25-18(26-27-20)10-19(30)28(2)3)9-16(12)24-21(31)14-11-23-29-7-5-4-6-17(14)29/h4-9,11H,10H2,1-3H3,(H,24,31)(H,25,26,27). The number of H-pyrrole nitrogens is 1. The van der Waals surface area contributed by atoms with Crippen molar-refractivity contribution in [2.75, 3.05) is 19.4 Å². The van der Waals surface area contributed by atoms with Gasteiger partial charge in [-0.2, -0.15) is 10.2 Å². The van der Waals surface area contributed by atoms with Gasteiger partial charge in [-0.1, -0.05) is 6.07 Å². The minimum absolute atomic E-state index is 0.0196. The molecule has 0 bridgehead atoms. The summed E-state index contributed by atoms with van der Waals surface area (Å²) in [6, 6.07) is 8.21. The van der Waals surface area contributed by atoms with Crippen molar-refractivity contribution in [2.45, 2.75) is 13.3 Å². The number of aryl methyl sites for hydroxylation is 1. The first-order chi connectivity index (χ1) is 14.8. The SMILES string of the molecule is Cc1cc(F)c(-c2n[nH]c(CC(=O)N(C)C)n2)cc1NC(=O)c1cnn2ccccc12. The molecular formula is C21H20FN7O2. The molecular weight excluding hydrogens is 401 g/mol. The number of nitrogens with one attached hydrogen (secondary N) is 2. The molecule has 4 aromatic rings. The highest BCUT2D eigenvalue weighted by atomic mass is 19.1. The number of amides is 2. The molecule has 0 aliphatic rings. The van der Waals surface area contributed by atoms with Crippen LogP contribution in [0.2, 0.25) is 0 Å². The smallest absolute Gasteiger partial charge is 0.259 e. The molecule has 9 nitrogen and oxygen atoms in total. The molecule has 0 aliphatic heterocycles. The maximum Gasteiger partial charge on any atom is 0.259 e. The zero-order chi connectivity index (χ0) is 22.1. The molecule has 0 atom stereocenters. The third-order valence-corrected chi connectivity index (χ3v) is 4.82. The van der Waals surface area contributed by atoms with E-state index in [-0.39, 0.29) is 29.6 Å². The summed E-state index contributed by atoms with van der Waals surface area (Å²) in [5.74, 6) is -0.630. The number of benzene rings is 1. The lowest BCUT2D eigenvalue weighted by Crippen LogP contribution is -2.23. The normalized spacial score (nSPS) is 11.0. The van der Waals surface area contributed by atoms with Gasteiger partial charge in [0.25, 0.3) is 5.91 Å². The number of carbonyl (C=O) groups is 2. The van der Waals surface area contributed by atoms with Crippen LogP contribution in [-0.2, 0) is 11.2 Å². The Bertz CT molecular complexity index is 1290. The summed E-state index contributed by atoms with van der Waals surface area (Å²) in [5.41, 5.74) is 2.13.